The number of hydrogen-bond acceptors (Lipinski definition) is 1. The summed E-state index contributed by atoms with van der Waals surface area (Å²) in [5.74, 6) is 0.621. The second-order valence-corrected chi connectivity index (χ2v) is 5.85. The zero-order valence-electron chi connectivity index (χ0n) is 13.7. The van der Waals surface area contributed by atoms with Crippen molar-refractivity contribution in [2.75, 3.05) is 13.1 Å². The normalized spacial score (nSPS) is 16.9. The third kappa shape index (κ3) is 4.90. The third-order valence-corrected chi connectivity index (χ3v) is 4.20. The van der Waals surface area contributed by atoms with E-state index >= 15 is 0 Å². The number of halogens is 1. The number of aryl methyl sites for hydroxylation is 1. The third-order valence-electron chi connectivity index (χ3n) is 4.20. The molecule has 1 aliphatic heterocycles. The van der Waals surface area contributed by atoms with E-state index in [-0.39, 0.29) is 5.82 Å². The first-order chi connectivity index (χ1) is 9.56. The molecule has 0 N–H and O–H groups in total. The van der Waals surface area contributed by atoms with Crippen LogP contribution in [-0.4, -0.2) is 24.0 Å². The summed E-state index contributed by atoms with van der Waals surface area (Å²) in [6.45, 7) is 13.0. The van der Waals surface area contributed by atoms with Crippen molar-refractivity contribution in [3.8, 4) is 0 Å². The topological polar surface area (TPSA) is 3.24 Å². The summed E-state index contributed by atoms with van der Waals surface area (Å²) in [5.41, 5.74) is 2.42. The van der Waals surface area contributed by atoms with Crippen LogP contribution in [0.1, 0.15) is 51.7 Å². The van der Waals surface area contributed by atoms with Gasteiger partial charge in [0.2, 0.25) is 0 Å². The molecule has 1 nitrogen and oxygen atoms in total. The zero-order valence-corrected chi connectivity index (χ0v) is 13.7. The lowest BCUT2D eigenvalue weighted by atomic mass is 9.88. The van der Waals surface area contributed by atoms with Gasteiger partial charge in [-0.05, 0) is 82.3 Å². The summed E-state index contributed by atoms with van der Waals surface area (Å²) in [4.78, 5) is 2.54. The second-order valence-electron chi connectivity index (χ2n) is 5.85. The van der Waals surface area contributed by atoms with Crippen molar-refractivity contribution in [2.24, 2.45) is 5.92 Å². The van der Waals surface area contributed by atoms with E-state index in [0.717, 1.165) is 12.3 Å². The Morgan fingerprint density at radius 2 is 1.80 bits per heavy atom. The maximum Gasteiger partial charge on any atom is 0.123 e. The van der Waals surface area contributed by atoms with E-state index in [2.05, 4.69) is 25.7 Å². The molecule has 0 saturated carbocycles. The van der Waals surface area contributed by atoms with Crippen LogP contribution in [0, 0.1) is 18.7 Å². The van der Waals surface area contributed by atoms with Crippen molar-refractivity contribution < 1.29 is 4.39 Å². The fourth-order valence-corrected chi connectivity index (χ4v) is 2.84. The SMILES string of the molecule is CC.Cc1ccc(F)cc1CC1CCN(C(C)C)CC1. The van der Waals surface area contributed by atoms with E-state index in [1.807, 2.05) is 19.9 Å². The van der Waals surface area contributed by atoms with Gasteiger partial charge in [0, 0.05) is 6.04 Å². The first-order valence-electron chi connectivity index (χ1n) is 8.05. The van der Waals surface area contributed by atoms with E-state index in [1.165, 1.54) is 37.1 Å². The molecule has 1 fully saturated rings. The highest BCUT2D eigenvalue weighted by Gasteiger charge is 2.21. The van der Waals surface area contributed by atoms with Crippen LogP contribution >= 0.6 is 0 Å². The zero-order chi connectivity index (χ0) is 15.1. The minimum Gasteiger partial charge on any atom is -0.301 e. The number of likely N-dealkylation sites (tertiary alicyclic amines) is 1. The van der Waals surface area contributed by atoms with Crippen LogP contribution in [0.2, 0.25) is 0 Å². The maximum absolute atomic E-state index is 13.3. The van der Waals surface area contributed by atoms with E-state index < -0.39 is 0 Å². The highest BCUT2D eigenvalue weighted by Crippen LogP contribution is 2.24. The Morgan fingerprint density at radius 1 is 1.20 bits per heavy atom. The van der Waals surface area contributed by atoms with Gasteiger partial charge in [0.15, 0.2) is 0 Å². The van der Waals surface area contributed by atoms with Crippen LogP contribution < -0.4 is 0 Å². The van der Waals surface area contributed by atoms with Crippen LogP contribution in [0.5, 0.6) is 0 Å². The first kappa shape index (κ1) is 17.2. The molecular weight excluding hydrogens is 249 g/mol. The molecule has 0 aliphatic carbocycles. The van der Waals surface area contributed by atoms with Crippen LogP contribution in [-0.2, 0) is 6.42 Å². The molecule has 0 radical (unpaired) electrons. The molecule has 0 amide bonds. The molecule has 0 bridgehead atoms. The van der Waals surface area contributed by atoms with E-state index in [1.54, 1.807) is 12.1 Å². The van der Waals surface area contributed by atoms with Gasteiger partial charge in [-0.2, -0.15) is 0 Å². The Morgan fingerprint density at radius 3 is 2.35 bits per heavy atom. The summed E-state index contributed by atoms with van der Waals surface area (Å²) < 4.78 is 13.3. The molecule has 0 spiro atoms. The highest BCUT2D eigenvalue weighted by molar-refractivity contribution is 5.27. The largest absolute Gasteiger partial charge is 0.301 e. The lowest BCUT2D eigenvalue weighted by Crippen LogP contribution is -2.38. The molecule has 1 saturated heterocycles. The van der Waals surface area contributed by atoms with Gasteiger partial charge >= 0.3 is 0 Å². The Bertz CT molecular complexity index is 392. The van der Waals surface area contributed by atoms with Gasteiger partial charge in [-0.15, -0.1) is 0 Å². The molecule has 0 atom stereocenters. The molecule has 2 heteroatoms. The standard InChI is InChI=1S/C16H24FN.C2H6/c1-12(2)18-8-6-14(7-9-18)10-15-11-16(17)5-4-13(15)3;1-2/h4-5,11-12,14H,6-10H2,1-3H3;1-2H3. The molecule has 1 aromatic carbocycles. The fourth-order valence-electron chi connectivity index (χ4n) is 2.84. The number of rotatable bonds is 3. The van der Waals surface area contributed by atoms with Crippen molar-refractivity contribution in [1.29, 1.82) is 0 Å². The van der Waals surface area contributed by atoms with Crippen LogP contribution in [0.15, 0.2) is 18.2 Å². The first-order valence-corrected chi connectivity index (χ1v) is 8.05. The summed E-state index contributed by atoms with van der Waals surface area (Å²) in [6.07, 6.45) is 3.53. The van der Waals surface area contributed by atoms with E-state index in [4.69, 9.17) is 0 Å². The van der Waals surface area contributed by atoms with Crippen LogP contribution in [0.4, 0.5) is 4.39 Å². The number of piperidine rings is 1. The van der Waals surface area contributed by atoms with E-state index in [0.29, 0.717) is 6.04 Å². The highest BCUT2D eigenvalue weighted by atomic mass is 19.1. The van der Waals surface area contributed by atoms with E-state index in [9.17, 15) is 4.39 Å². The summed E-state index contributed by atoms with van der Waals surface area (Å²) in [7, 11) is 0. The summed E-state index contributed by atoms with van der Waals surface area (Å²) in [6, 6.07) is 5.82. The van der Waals surface area contributed by atoms with Gasteiger partial charge in [-0.1, -0.05) is 19.9 Å². The smallest absolute Gasteiger partial charge is 0.123 e. The average molecular weight is 279 g/mol. The Balaban J connectivity index is 0.000000956. The van der Waals surface area contributed by atoms with Gasteiger partial charge in [0.05, 0.1) is 0 Å². The minimum atomic E-state index is -0.102. The predicted octanol–water partition coefficient (Wildman–Crippen LogP) is 4.82. The average Bonchev–Trinajstić information content (AvgIpc) is 2.46. The summed E-state index contributed by atoms with van der Waals surface area (Å²) in [5, 5.41) is 0. The van der Waals surface area contributed by atoms with Crippen molar-refractivity contribution in [1.82, 2.24) is 4.90 Å². The molecule has 114 valence electrons. The van der Waals surface area contributed by atoms with Crippen molar-refractivity contribution in [3.63, 3.8) is 0 Å². The Hall–Kier alpha value is -0.890. The molecule has 20 heavy (non-hydrogen) atoms. The number of nitrogens with zero attached hydrogens (tertiary/aromatic N) is 1. The van der Waals surface area contributed by atoms with Crippen LogP contribution in [0.3, 0.4) is 0 Å². The second kappa shape index (κ2) is 8.41. The Kier molecular flexibility index (Phi) is 7.22. The molecule has 0 unspecified atom stereocenters. The van der Waals surface area contributed by atoms with Gasteiger partial charge in [-0.25, -0.2) is 4.39 Å². The quantitative estimate of drug-likeness (QED) is 0.766. The lowest BCUT2D eigenvalue weighted by molar-refractivity contribution is 0.149. The van der Waals surface area contributed by atoms with Crippen molar-refractivity contribution >= 4 is 0 Å². The fraction of sp³-hybridized carbons (Fsp3) is 0.667. The molecular formula is C18H30FN. The molecule has 0 aromatic heterocycles. The van der Waals surface area contributed by atoms with Gasteiger partial charge < -0.3 is 4.90 Å². The van der Waals surface area contributed by atoms with Gasteiger partial charge in [0.25, 0.3) is 0 Å². The number of hydrogen-bond donors (Lipinski definition) is 0. The molecule has 1 aliphatic rings. The van der Waals surface area contributed by atoms with Crippen LogP contribution in [0.25, 0.3) is 0 Å². The minimum absolute atomic E-state index is 0.102. The van der Waals surface area contributed by atoms with Gasteiger partial charge in [0.1, 0.15) is 5.82 Å². The number of benzene rings is 1. The van der Waals surface area contributed by atoms with Gasteiger partial charge in [-0.3, -0.25) is 0 Å². The Labute approximate surface area is 124 Å². The van der Waals surface area contributed by atoms with Crippen molar-refractivity contribution in [2.45, 2.75) is 59.9 Å². The molecule has 1 aromatic rings. The van der Waals surface area contributed by atoms with Crippen molar-refractivity contribution in [3.05, 3.63) is 35.1 Å². The summed E-state index contributed by atoms with van der Waals surface area (Å²) >= 11 is 0. The molecule has 2 rings (SSSR count). The predicted molar refractivity (Wildman–Crippen MR) is 85.6 cm³/mol. The maximum atomic E-state index is 13.3. The monoisotopic (exact) mass is 279 g/mol. The lowest BCUT2D eigenvalue weighted by Gasteiger charge is -2.34. The molecule has 1 heterocycles.